The van der Waals surface area contributed by atoms with Crippen molar-refractivity contribution in [3.8, 4) is 0 Å². The Kier molecular flexibility index (Phi) is 5.87. The molecule has 1 aromatic carbocycles. The van der Waals surface area contributed by atoms with Crippen LogP contribution in [-0.2, 0) is 4.74 Å². The molecule has 0 fully saturated rings. The van der Waals surface area contributed by atoms with Crippen molar-refractivity contribution in [3.63, 3.8) is 0 Å². The highest BCUT2D eigenvalue weighted by molar-refractivity contribution is 6.68. The van der Waals surface area contributed by atoms with Gasteiger partial charge in [0.05, 0.1) is 0 Å². The summed E-state index contributed by atoms with van der Waals surface area (Å²) in [4.78, 5) is 0. The van der Waals surface area contributed by atoms with Gasteiger partial charge in [0.15, 0.2) is 6.23 Å². The van der Waals surface area contributed by atoms with E-state index in [4.69, 9.17) is 39.5 Å². The Morgan fingerprint density at radius 2 is 1.82 bits per heavy atom. The standard InChI is InChI=1S/C12H16Cl3NO/c1-3-8-17-11(12(13,14)15)16-10-6-4-9(2)5-7-10/h4-7,11,16H,3,8H2,1-2H3. The molecule has 0 aliphatic heterocycles. The summed E-state index contributed by atoms with van der Waals surface area (Å²) in [5.74, 6) is 0. The molecule has 1 rings (SSSR count). The smallest absolute Gasteiger partial charge is 0.234 e. The van der Waals surface area contributed by atoms with Gasteiger partial charge in [-0.05, 0) is 25.5 Å². The number of rotatable bonds is 5. The summed E-state index contributed by atoms with van der Waals surface area (Å²) in [5.41, 5.74) is 2.04. The van der Waals surface area contributed by atoms with Gasteiger partial charge in [-0.25, -0.2) is 0 Å². The van der Waals surface area contributed by atoms with Crippen molar-refractivity contribution in [3.05, 3.63) is 29.8 Å². The molecule has 1 aromatic rings. The number of anilines is 1. The van der Waals surface area contributed by atoms with Crippen LogP contribution in [0.4, 0.5) is 5.69 Å². The Hall–Kier alpha value is -0.150. The lowest BCUT2D eigenvalue weighted by atomic mass is 10.2. The van der Waals surface area contributed by atoms with Crippen molar-refractivity contribution in [1.29, 1.82) is 0 Å². The van der Waals surface area contributed by atoms with Gasteiger partial charge in [0.2, 0.25) is 3.79 Å². The molecule has 0 amide bonds. The fourth-order valence-electron chi connectivity index (χ4n) is 1.25. The monoisotopic (exact) mass is 295 g/mol. The Bertz CT molecular complexity index is 335. The molecule has 0 radical (unpaired) electrons. The summed E-state index contributed by atoms with van der Waals surface area (Å²) >= 11 is 17.6. The van der Waals surface area contributed by atoms with Gasteiger partial charge in [-0.2, -0.15) is 0 Å². The summed E-state index contributed by atoms with van der Waals surface area (Å²) < 4.78 is 3.98. The van der Waals surface area contributed by atoms with Crippen LogP contribution >= 0.6 is 34.8 Å². The number of nitrogens with one attached hydrogen (secondary N) is 1. The molecule has 1 atom stereocenters. The van der Waals surface area contributed by atoms with Gasteiger partial charge in [-0.1, -0.05) is 59.4 Å². The van der Waals surface area contributed by atoms with Crippen LogP contribution in [0.3, 0.4) is 0 Å². The van der Waals surface area contributed by atoms with Gasteiger partial charge in [-0.3, -0.25) is 0 Å². The Morgan fingerprint density at radius 3 is 2.29 bits per heavy atom. The largest absolute Gasteiger partial charge is 0.357 e. The zero-order chi connectivity index (χ0) is 12.9. The van der Waals surface area contributed by atoms with Gasteiger partial charge in [0, 0.05) is 12.3 Å². The molecule has 0 saturated carbocycles. The third kappa shape index (κ3) is 5.35. The van der Waals surface area contributed by atoms with E-state index in [1.165, 1.54) is 5.56 Å². The molecule has 0 aromatic heterocycles. The number of aryl methyl sites for hydroxylation is 1. The Labute approximate surface area is 117 Å². The summed E-state index contributed by atoms with van der Waals surface area (Å²) in [6.45, 7) is 4.56. The molecule has 0 aliphatic rings. The first-order valence-electron chi connectivity index (χ1n) is 5.45. The van der Waals surface area contributed by atoms with Crippen LogP contribution in [0.5, 0.6) is 0 Å². The highest BCUT2D eigenvalue weighted by Gasteiger charge is 2.33. The van der Waals surface area contributed by atoms with Gasteiger partial charge < -0.3 is 10.1 Å². The highest BCUT2D eigenvalue weighted by Crippen LogP contribution is 2.33. The lowest BCUT2D eigenvalue weighted by molar-refractivity contribution is 0.0753. The van der Waals surface area contributed by atoms with E-state index in [9.17, 15) is 0 Å². The zero-order valence-corrected chi connectivity index (χ0v) is 12.1. The van der Waals surface area contributed by atoms with Gasteiger partial charge in [0.25, 0.3) is 0 Å². The van der Waals surface area contributed by atoms with Crippen molar-refractivity contribution in [2.24, 2.45) is 0 Å². The second-order valence-electron chi connectivity index (χ2n) is 3.80. The van der Waals surface area contributed by atoms with E-state index in [0.29, 0.717) is 6.61 Å². The van der Waals surface area contributed by atoms with E-state index < -0.39 is 10.0 Å². The van der Waals surface area contributed by atoms with Crippen LogP contribution < -0.4 is 5.32 Å². The van der Waals surface area contributed by atoms with Crippen LogP contribution in [0, 0.1) is 6.92 Å². The normalized spacial score (nSPS) is 13.5. The first-order chi connectivity index (χ1) is 7.93. The molecule has 0 bridgehead atoms. The van der Waals surface area contributed by atoms with Crippen molar-refractivity contribution >= 4 is 40.5 Å². The van der Waals surface area contributed by atoms with E-state index in [-0.39, 0.29) is 0 Å². The minimum Gasteiger partial charge on any atom is -0.357 e. The first-order valence-corrected chi connectivity index (χ1v) is 6.58. The SMILES string of the molecule is CCCOC(Nc1ccc(C)cc1)C(Cl)(Cl)Cl. The molecule has 2 nitrogen and oxygen atoms in total. The quantitative estimate of drug-likeness (QED) is 0.637. The minimum absolute atomic E-state index is 0.539. The molecule has 96 valence electrons. The van der Waals surface area contributed by atoms with Crippen LogP contribution in [0.15, 0.2) is 24.3 Å². The summed E-state index contributed by atoms with van der Waals surface area (Å²) in [5, 5.41) is 3.06. The second-order valence-corrected chi connectivity index (χ2v) is 6.17. The fourth-order valence-corrected chi connectivity index (χ4v) is 1.61. The Balaban J connectivity index is 2.68. The maximum Gasteiger partial charge on any atom is 0.234 e. The zero-order valence-electron chi connectivity index (χ0n) is 9.84. The fraction of sp³-hybridized carbons (Fsp3) is 0.500. The summed E-state index contributed by atoms with van der Waals surface area (Å²) in [6.07, 6.45) is 0.211. The first kappa shape index (κ1) is 14.9. The lowest BCUT2D eigenvalue weighted by Gasteiger charge is -2.26. The van der Waals surface area contributed by atoms with Crippen LogP contribution in [-0.4, -0.2) is 16.6 Å². The Morgan fingerprint density at radius 1 is 1.24 bits per heavy atom. The number of ether oxygens (including phenoxy) is 1. The van der Waals surface area contributed by atoms with E-state index in [1.807, 2.05) is 38.1 Å². The van der Waals surface area contributed by atoms with Gasteiger partial charge in [0.1, 0.15) is 0 Å². The predicted octanol–water partition coefficient (Wildman–Crippen LogP) is 4.53. The molecule has 1 N–H and O–H groups in total. The molecule has 0 saturated heterocycles. The van der Waals surface area contributed by atoms with Gasteiger partial charge in [-0.15, -0.1) is 0 Å². The average molecular weight is 297 g/mol. The van der Waals surface area contributed by atoms with E-state index >= 15 is 0 Å². The molecule has 5 heteroatoms. The van der Waals surface area contributed by atoms with E-state index in [2.05, 4.69) is 5.32 Å². The molecule has 0 heterocycles. The number of halogens is 3. The number of hydrogen-bond donors (Lipinski definition) is 1. The molecule has 17 heavy (non-hydrogen) atoms. The predicted molar refractivity (Wildman–Crippen MR) is 75.1 cm³/mol. The van der Waals surface area contributed by atoms with E-state index in [0.717, 1.165) is 12.1 Å². The summed E-state index contributed by atoms with van der Waals surface area (Å²) in [7, 11) is 0. The third-order valence-electron chi connectivity index (χ3n) is 2.14. The number of hydrogen-bond acceptors (Lipinski definition) is 2. The van der Waals surface area contributed by atoms with Crippen molar-refractivity contribution in [2.45, 2.75) is 30.3 Å². The number of alkyl halides is 3. The maximum atomic E-state index is 5.86. The highest BCUT2D eigenvalue weighted by atomic mass is 35.6. The van der Waals surface area contributed by atoms with Crippen LogP contribution in [0.2, 0.25) is 0 Å². The average Bonchev–Trinajstić information content (AvgIpc) is 2.25. The summed E-state index contributed by atoms with van der Waals surface area (Å²) in [6, 6.07) is 7.82. The molecule has 1 unspecified atom stereocenters. The van der Waals surface area contributed by atoms with Gasteiger partial charge >= 0.3 is 0 Å². The number of benzene rings is 1. The lowest BCUT2D eigenvalue weighted by Crippen LogP contribution is -2.36. The molecule has 0 spiro atoms. The molecular formula is C12H16Cl3NO. The van der Waals surface area contributed by atoms with Crippen LogP contribution in [0.25, 0.3) is 0 Å². The topological polar surface area (TPSA) is 21.3 Å². The third-order valence-corrected chi connectivity index (χ3v) is 2.73. The maximum absolute atomic E-state index is 5.86. The molecular weight excluding hydrogens is 280 g/mol. The minimum atomic E-state index is -1.50. The van der Waals surface area contributed by atoms with Crippen LogP contribution in [0.1, 0.15) is 18.9 Å². The van der Waals surface area contributed by atoms with Crippen molar-refractivity contribution < 1.29 is 4.74 Å². The second kappa shape index (κ2) is 6.69. The van der Waals surface area contributed by atoms with Crippen molar-refractivity contribution in [2.75, 3.05) is 11.9 Å². The van der Waals surface area contributed by atoms with E-state index in [1.54, 1.807) is 0 Å². The van der Waals surface area contributed by atoms with Crippen molar-refractivity contribution in [1.82, 2.24) is 0 Å². The molecule has 0 aliphatic carbocycles.